The number of aromatic nitrogens is 2. The lowest BCUT2D eigenvalue weighted by molar-refractivity contribution is 0.0951. The van der Waals surface area contributed by atoms with Crippen molar-refractivity contribution in [2.45, 2.75) is 51.9 Å². The summed E-state index contributed by atoms with van der Waals surface area (Å²) in [5, 5.41) is 7.23. The quantitative estimate of drug-likeness (QED) is 0.522. The van der Waals surface area contributed by atoms with E-state index in [1.807, 2.05) is 0 Å². The van der Waals surface area contributed by atoms with Crippen LogP contribution in [-0.4, -0.2) is 29.0 Å². The molecular formula is C23H27FN4OS. The lowest BCUT2D eigenvalue weighted by Gasteiger charge is -2.21. The summed E-state index contributed by atoms with van der Waals surface area (Å²) in [5.74, 6) is 1.27. The second-order valence-electron chi connectivity index (χ2n) is 7.89. The Labute approximate surface area is 180 Å². The summed E-state index contributed by atoms with van der Waals surface area (Å²) in [6, 6.07) is 6.00. The summed E-state index contributed by atoms with van der Waals surface area (Å²) >= 11 is 1.71. The summed E-state index contributed by atoms with van der Waals surface area (Å²) < 4.78 is 13.8. The minimum absolute atomic E-state index is 0.0609. The number of anilines is 1. The molecule has 2 aromatic heterocycles. The number of hydrogen-bond acceptors (Lipinski definition) is 5. The molecule has 1 amide bonds. The summed E-state index contributed by atoms with van der Waals surface area (Å²) in [4.78, 5) is 24.3. The van der Waals surface area contributed by atoms with Crippen LogP contribution in [0.1, 0.15) is 64.6 Å². The van der Waals surface area contributed by atoms with Gasteiger partial charge in [-0.15, -0.1) is 11.3 Å². The van der Waals surface area contributed by atoms with Crippen LogP contribution in [0, 0.1) is 19.7 Å². The highest BCUT2D eigenvalue weighted by Gasteiger charge is 2.22. The number of nitrogens with one attached hydrogen (secondary N) is 2. The maximum atomic E-state index is 13.8. The first-order valence-corrected chi connectivity index (χ1v) is 11.4. The Kier molecular flexibility index (Phi) is 6.27. The largest absolute Gasteiger partial charge is 0.368 e. The van der Waals surface area contributed by atoms with Gasteiger partial charge in [-0.1, -0.05) is 31.4 Å². The molecule has 0 radical (unpaired) electrons. The van der Waals surface area contributed by atoms with Crippen molar-refractivity contribution in [2.24, 2.45) is 0 Å². The van der Waals surface area contributed by atoms with E-state index in [0.29, 0.717) is 19.0 Å². The van der Waals surface area contributed by atoms with Gasteiger partial charge in [-0.05, 0) is 44.4 Å². The zero-order valence-electron chi connectivity index (χ0n) is 17.4. The van der Waals surface area contributed by atoms with E-state index in [1.165, 1.54) is 41.8 Å². The molecule has 7 heteroatoms. The summed E-state index contributed by atoms with van der Waals surface area (Å²) in [5.41, 5.74) is 1.26. The molecule has 1 aliphatic rings. The number of hydrogen-bond donors (Lipinski definition) is 2. The third kappa shape index (κ3) is 4.31. The molecule has 2 N–H and O–H groups in total. The van der Waals surface area contributed by atoms with Crippen LogP contribution in [0.25, 0.3) is 10.2 Å². The van der Waals surface area contributed by atoms with E-state index in [4.69, 9.17) is 9.97 Å². The van der Waals surface area contributed by atoms with Gasteiger partial charge in [0.15, 0.2) is 0 Å². The van der Waals surface area contributed by atoms with Gasteiger partial charge in [0.1, 0.15) is 22.3 Å². The molecule has 2 heterocycles. The highest BCUT2D eigenvalue weighted by molar-refractivity contribution is 7.18. The number of carbonyl (C=O) groups is 1. The van der Waals surface area contributed by atoms with Gasteiger partial charge >= 0.3 is 0 Å². The summed E-state index contributed by atoms with van der Waals surface area (Å²) in [6.45, 7) is 5.09. The number of carbonyl (C=O) groups excluding carboxylic acids is 1. The van der Waals surface area contributed by atoms with Gasteiger partial charge in [0.05, 0.1) is 10.9 Å². The minimum Gasteiger partial charge on any atom is -0.368 e. The number of benzene rings is 1. The van der Waals surface area contributed by atoms with Crippen molar-refractivity contribution in [3.8, 4) is 0 Å². The van der Waals surface area contributed by atoms with E-state index in [2.05, 4.69) is 24.5 Å². The Morgan fingerprint density at radius 3 is 2.67 bits per heavy atom. The number of rotatable bonds is 6. The first-order chi connectivity index (χ1) is 14.5. The van der Waals surface area contributed by atoms with Crippen LogP contribution in [0.3, 0.4) is 0 Å². The predicted molar refractivity (Wildman–Crippen MR) is 120 cm³/mol. The molecule has 0 aliphatic heterocycles. The van der Waals surface area contributed by atoms with Crippen LogP contribution in [0.2, 0.25) is 0 Å². The maximum absolute atomic E-state index is 13.8. The topological polar surface area (TPSA) is 66.9 Å². The highest BCUT2D eigenvalue weighted by Crippen LogP contribution is 2.37. The molecule has 1 saturated carbocycles. The van der Waals surface area contributed by atoms with Crippen LogP contribution in [0.4, 0.5) is 10.2 Å². The molecule has 1 aromatic carbocycles. The average molecular weight is 427 g/mol. The number of nitrogens with zero attached hydrogens (tertiary/aromatic N) is 2. The van der Waals surface area contributed by atoms with Crippen molar-refractivity contribution < 1.29 is 9.18 Å². The summed E-state index contributed by atoms with van der Waals surface area (Å²) in [7, 11) is 0. The van der Waals surface area contributed by atoms with Crippen LogP contribution in [0.5, 0.6) is 0 Å². The number of thiophene rings is 1. The molecule has 4 rings (SSSR count). The third-order valence-corrected chi connectivity index (χ3v) is 6.94. The van der Waals surface area contributed by atoms with Crippen molar-refractivity contribution in [3.05, 3.63) is 51.9 Å². The second kappa shape index (κ2) is 9.08. The van der Waals surface area contributed by atoms with Crippen LogP contribution < -0.4 is 10.6 Å². The zero-order valence-corrected chi connectivity index (χ0v) is 18.2. The zero-order chi connectivity index (χ0) is 21.1. The van der Waals surface area contributed by atoms with Crippen molar-refractivity contribution in [2.75, 3.05) is 18.4 Å². The predicted octanol–water partition coefficient (Wildman–Crippen LogP) is 5.34. The normalized spacial score (nSPS) is 14.8. The number of amides is 1. The first-order valence-electron chi connectivity index (χ1n) is 10.6. The molecule has 0 unspecified atom stereocenters. The molecule has 1 aliphatic carbocycles. The van der Waals surface area contributed by atoms with Crippen molar-refractivity contribution >= 4 is 33.3 Å². The molecule has 3 aromatic rings. The fraction of sp³-hybridized carbons (Fsp3) is 0.435. The van der Waals surface area contributed by atoms with Gasteiger partial charge in [0.2, 0.25) is 0 Å². The smallest absolute Gasteiger partial charge is 0.254 e. The molecule has 1 fully saturated rings. The highest BCUT2D eigenvalue weighted by atomic mass is 32.1. The van der Waals surface area contributed by atoms with Gasteiger partial charge in [0.25, 0.3) is 5.91 Å². The molecule has 0 bridgehead atoms. The van der Waals surface area contributed by atoms with Crippen molar-refractivity contribution in [1.82, 2.24) is 15.3 Å². The molecule has 0 saturated heterocycles. The SMILES string of the molecule is Cc1sc2nc(C3CCCCC3)nc(NCCNC(=O)c3ccccc3F)c2c1C. The lowest BCUT2D eigenvalue weighted by atomic mass is 9.88. The van der Waals surface area contributed by atoms with E-state index in [9.17, 15) is 9.18 Å². The fourth-order valence-electron chi connectivity index (χ4n) is 4.03. The van der Waals surface area contributed by atoms with E-state index in [-0.39, 0.29) is 5.56 Å². The number of halogens is 1. The van der Waals surface area contributed by atoms with E-state index >= 15 is 0 Å². The van der Waals surface area contributed by atoms with Crippen LogP contribution >= 0.6 is 11.3 Å². The molecule has 158 valence electrons. The van der Waals surface area contributed by atoms with Gasteiger partial charge in [0, 0.05) is 23.9 Å². The fourth-order valence-corrected chi connectivity index (χ4v) is 5.07. The Balaban J connectivity index is 1.48. The minimum atomic E-state index is -0.512. The van der Waals surface area contributed by atoms with Crippen molar-refractivity contribution in [1.29, 1.82) is 0 Å². The van der Waals surface area contributed by atoms with Gasteiger partial charge in [-0.3, -0.25) is 4.79 Å². The van der Waals surface area contributed by atoms with Crippen LogP contribution in [-0.2, 0) is 0 Å². The second-order valence-corrected chi connectivity index (χ2v) is 9.09. The molecular weight excluding hydrogens is 399 g/mol. The molecule has 5 nitrogen and oxygen atoms in total. The Morgan fingerprint density at radius 2 is 1.90 bits per heavy atom. The van der Waals surface area contributed by atoms with Gasteiger partial charge < -0.3 is 10.6 Å². The molecule has 30 heavy (non-hydrogen) atoms. The van der Waals surface area contributed by atoms with E-state index < -0.39 is 11.7 Å². The number of fused-ring (bicyclic) bond motifs is 1. The average Bonchev–Trinajstić information content (AvgIpc) is 3.05. The monoisotopic (exact) mass is 426 g/mol. The van der Waals surface area contributed by atoms with Crippen molar-refractivity contribution in [3.63, 3.8) is 0 Å². The molecule has 0 spiro atoms. The summed E-state index contributed by atoms with van der Waals surface area (Å²) in [6.07, 6.45) is 6.06. The van der Waals surface area contributed by atoms with Gasteiger partial charge in [-0.25, -0.2) is 14.4 Å². The van der Waals surface area contributed by atoms with Gasteiger partial charge in [-0.2, -0.15) is 0 Å². The Bertz CT molecular complexity index is 1060. The standard InChI is InChI=1S/C23H27FN4OS/c1-14-15(2)30-23-19(14)21(27-20(28-23)16-8-4-3-5-9-16)25-12-13-26-22(29)17-10-6-7-11-18(17)24/h6-7,10-11,16H,3-5,8-9,12-13H2,1-2H3,(H,26,29)(H,25,27,28). The number of aryl methyl sites for hydroxylation is 2. The first kappa shape index (κ1) is 20.7. The van der Waals surface area contributed by atoms with Crippen LogP contribution in [0.15, 0.2) is 24.3 Å². The lowest BCUT2D eigenvalue weighted by Crippen LogP contribution is -2.29. The Morgan fingerprint density at radius 1 is 1.13 bits per heavy atom. The van der Waals surface area contributed by atoms with E-state index in [1.54, 1.807) is 23.5 Å². The van der Waals surface area contributed by atoms with E-state index in [0.717, 1.165) is 34.7 Å². The maximum Gasteiger partial charge on any atom is 0.254 e. The third-order valence-electron chi connectivity index (χ3n) is 5.84. The Hall–Kier alpha value is -2.54. The molecule has 0 atom stereocenters.